The fourth-order valence-electron chi connectivity index (χ4n) is 6.46. The molecule has 2 aliphatic carbocycles. The lowest BCUT2D eigenvalue weighted by atomic mass is 9.62. The summed E-state index contributed by atoms with van der Waals surface area (Å²) in [6, 6.07) is 9.22. The number of hydrogen-bond acceptors (Lipinski definition) is 5. The Bertz CT molecular complexity index is 1520. The Balaban J connectivity index is 1.32. The van der Waals surface area contributed by atoms with Gasteiger partial charge >= 0.3 is 12.5 Å². The normalized spacial score (nSPS) is 23.5. The SMILES string of the molecule is Cn1cnnc1[C@]1(c2cccc(N3Cc4c(cc(CNC5(C)CCC5)cc4C(F)(F)F)C3=O)c2)C[C@H](OC(F)(F)F)C1. The standard InChI is InChI=1S/C29H29F6N5O2/c1-26(7-4-8-26)36-14-17-9-21-22(23(10-17)28(30,31)32)15-40(24(21)41)19-6-3-5-18(11-19)27(25-38-37-16-39(25)2)12-20(13-27)42-29(33,34)35/h3,5-6,9-11,16,20,36H,4,7-8,12-15H2,1-2H3/t20-,27+. The second kappa shape index (κ2) is 9.80. The van der Waals surface area contributed by atoms with Gasteiger partial charge in [0.2, 0.25) is 0 Å². The van der Waals surface area contributed by atoms with Gasteiger partial charge in [0.05, 0.1) is 23.6 Å². The van der Waals surface area contributed by atoms with Crippen LogP contribution >= 0.6 is 0 Å². The van der Waals surface area contributed by atoms with E-state index in [-0.39, 0.29) is 42.6 Å². The number of amides is 1. The Morgan fingerprint density at radius 2 is 1.83 bits per heavy atom. The Hall–Kier alpha value is -3.45. The zero-order chi connectivity index (χ0) is 30.1. The average Bonchev–Trinajstić information content (AvgIpc) is 3.45. The fraction of sp³-hybridized carbons (Fsp3) is 0.483. The minimum absolute atomic E-state index is 0.00362. The molecule has 3 aliphatic rings. The van der Waals surface area contributed by atoms with Crippen molar-refractivity contribution in [3.63, 3.8) is 0 Å². The number of hydrogen-bond donors (Lipinski definition) is 1. The van der Waals surface area contributed by atoms with Crippen molar-refractivity contribution in [2.75, 3.05) is 4.90 Å². The van der Waals surface area contributed by atoms with E-state index in [4.69, 9.17) is 0 Å². The van der Waals surface area contributed by atoms with Gasteiger partial charge in [0.1, 0.15) is 12.2 Å². The number of nitrogens with one attached hydrogen (secondary N) is 1. The van der Waals surface area contributed by atoms with Crippen LogP contribution in [0.3, 0.4) is 0 Å². The molecule has 6 rings (SSSR count). The van der Waals surface area contributed by atoms with E-state index in [1.54, 1.807) is 35.9 Å². The highest BCUT2D eigenvalue weighted by Crippen LogP contribution is 2.51. The second-order valence-electron chi connectivity index (χ2n) is 11.8. The lowest BCUT2D eigenvalue weighted by molar-refractivity contribution is -0.354. The van der Waals surface area contributed by atoms with Crippen LogP contribution in [-0.2, 0) is 36.5 Å². The minimum Gasteiger partial charge on any atom is -0.320 e. The van der Waals surface area contributed by atoms with Crippen molar-refractivity contribution in [1.29, 1.82) is 0 Å². The summed E-state index contributed by atoms with van der Waals surface area (Å²) in [7, 11) is 1.68. The summed E-state index contributed by atoms with van der Waals surface area (Å²) in [5, 5.41) is 11.4. The molecule has 42 heavy (non-hydrogen) atoms. The number of ether oxygens (including phenoxy) is 1. The Labute approximate surface area is 237 Å². The van der Waals surface area contributed by atoms with Crippen LogP contribution in [-0.4, -0.2) is 38.7 Å². The maximum absolute atomic E-state index is 14.2. The van der Waals surface area contributed by atoms with Gasteiger partial charge in [0, 0.05) is 30.4 Å². The Kier molecular flexibility index (Phi) is 6.69. The molecule has 0 atom stereocenters. The topological polar surface area (TPSA) is 72.3 Å². The summed E-state index contributed by atoms with van der Waals surface area (Å²) in [4.78, 5) is 14.9. The highest BCUT2D eigenvalue weighted by Gasteiger charge is 2.54. The first kappa shape index (κ1) is 28.7. The summed E-state index contributed by atoms with van der Waals surface area (Å²) in [6.07, 6.45) is -6.27. The van der Waals surface area contributed by atoms with Gasteiger partial charge in [0.25, 0.3) is 5.91 Å². The van der Waals surface area contributed by atoms with Gasteiger partial charge in [-0.15, -0.1) is 23.4 Å². The molecule has 0 unspecified atom stereocenters. The predicted octanol–water partition coefficient (Wildman–Crippen LogP) is 6.01. The lowest BCUT2D eigenvalue weighted by Gasteiger charge is -2.46. The molecule has 1 amide bonds. The Morgan fingerprint density at radius 3 is 2.43 bits per heavy atom. The van der Waals surface area contributed by atoms with Crippen molar-refractivity contribution in [1.82, 2.24) is 20.1 Å². The number of nitrogens with zero attached hydrogens (tertiary/aromatic N) is 4. The molecule has 0 radical (unpaired) electrons. The minimum atomic E-state index is -4.80. The molecule has 13 heteroatoms. The van der Waals surface area contributed by atoms with Crippen LogP contribution in [0, 0.1) is 0 Å². The number of carbonyl (C=O) groups is 1. The molecule has 1 aliphatic heterocycles. The zero-order valence-corrected chi connectivity index (χ0v) is 22.9. The summed E-state index contributed by atoms with van der Waals surface area (Å²) >= 11 is 0. The number of alkyl halides is 6. The summed E-state index contributed by atoms with van der Waals surface area (Å²) < 4.78 is 87.3. The maximum atomic E-state index is 14.2. The first-order valence-electron chi connectivity index (χ1n) is 13.7. The molecule has 2 aromatic carbocycles. The molecular weight excluding hydrogens is 564 g/mol. The van der Waals surface area contributed by atoms with Crippen molar-refractivity contribution in [2.24, 2.45) is 7.05 Å². The van der Waals surface area contributed by atoms with E-state index in [1.807, 2.05) is 6.92 Å². The van der Waals surface area contributed by atoms with Gasteiger partial charge in [-0.2, -0.15) is 13.2 Å². The number of aryl methyl sites for hydroxylation is 1. The first-order valence-corrected chi connectivity index (χ1v) is 13.7. The lowest BCUT2D eigenvalue weighted by Crippen LogP contribution is -2.50. The number of anilines is 1. The third-order valence-corrected chi connectivity index (χ3v) is 8.89. The van der Waals surface area contributed by atoms with Crippen LogP contribution in [0.25, 0.3) is 0 Å². The van der Waals surface area contributed by atoms with Gasteiger partial charge in [-0.05, 0) is 80.0 Å². The summed E-state index contributed by atoms with van der Waals surface area (Å²) in [5.74, 6) is -0.140. The highest BCUT2D eigenvalue weighted by molar-refractivity contribution is 6.10. The van der Waals surface area contributed by atoms with E-state index in [9.17, 15) is 31.1 Å². The van der Waals surface area contributed by atoms with E-state index >= 15 is 0 Å². The van der Waals surface area contributed by atoms with Crippen LogP contribution in [0.1, 0.15) is 77.5 Å². The molecule has 1 aromatic heterocycles. The monoisotopic (exact) mass is 593 g/mol. The third kappa shape index (κ3) is 5.06. The van der Waals surface area contributed by atoms with Crippen LogP contribution in [0.15, 0.2) is 42.7 Å². The van der Waals surface area contributed by atoms with E-state index in [2.05, 4.69) is 20.3 Å². The molecule has 0 saturated heterocycles. The number of benzene rings is 2. The smallest absolute Gasteiger partial charge is 0.320 e. The molecule has 224 valence electrons. The van der Waals surface area contributed by atoms with Gasteiger partial charge in [-0.1, -0.05) is 12.1 Å². The molecule has 0 spiro atoms. The van der Waals surface area contributed by atoms with Crippen molar-refractivity contribution in [3.05, 3.63) is 76.4 Å². The molecule has 1 N–H and O–H groups in total. The summed E-state index contributed by atoms with van der Waals surface area (Å²) in [5.41, 5.74) is -0.771. The van der Waals surface area contributed by atoms with E-state index < -0.39 is 35.5 Å². The van der Waals surface area contributed by atoms with Crippen LogP contribution in [0.4, 0.5) is 32.0 Å². The average molecular weight is 594 g/mol. The predicted molar refractivity (Wildman–Crippen MR) is 139 cm³/mol. The molecule has 7 nitrogen and oxygen atoms in total. The largest absolute Gasteiger partial charge is 0.522 e. The molecule has 0 bridgehead atoms. The van der Waals surface area contributed by atoms with Gasteiger partial charge < -0.3 is 14.8 Å². The molecule has 2 saturated carbocycles. The number of fused-ring (bicyclic) bond motifs is 1. The van der Waals surface area contributed by atoms with Crippen molar-refractivity contribution in [2.45, 2.75) is 81.7 Å². The molecule has 3 aromatic rings. The van der Waals surface area contributed by atoms with Gasteiger partial charge in [-0.25, -0.2) is 0 Å². The zero-order valence-electron chi connectivity index (χ0n) is 22.9. The van der Waals surface area contributed by atoms with E-state index in [0.29, 0.717) is 22.6 Å². The number of carbonyl (C=O) groups excluding carboxylic acids is 1. The Morgan fingerprint density at radius 1 is 1.10 bits per heavy atom. The summed E-state index contributed by atoms with van der Waals surface area (Å²) in [6.45, 7) is 1.95. The maximum Gasteiger partial charge on any atom is 0.522 e. The first-order chi connectivity index (χ1) is 19.7. The van der Waals surface area contributed by atoms with Crippen molar-refractivity contribution < 1.29 is 35.9 Å². The van der Waals surface area contributed by atoms with E-state index in [1.165, 1.54) is 17.3 Å². The van der Waals surface area contributed by atoms with Crippen molar-refractivity contribution in [3.8, 4) is 0 Å². The number of halogens is 6. The van der Waals surface area contributed by atoms with E-state index in [0.717, 1.165) is 25.3 Å². The van der Waals surface area contributed by atoms with Crippen LogP contribution in [0.2, 0.25) is 0 Å². The fourth-order valence-corrected chi connectivity index (χ4v) is 6.46. The number of rotatable bonds is 7. The number of aromatic nitrogens is 3. The second-order valence-corrected chi connectivity index (χ2v) is 11.8. The highest BCUT2D eigenvalue weighted by atomic mass is 19.4. The quantitative estimate of drug-likeness (QED) is 0.340. The van der Waals surface area contributed by atoms with Crippen LogP contribution in [0.5, 0.6) is 0 Å². The molecule has 2 fully saturated rings. The molecule has 2 heterocycles. The van der Waals surface area contributed by atoms with Gasteiger partial charge in [-0.3, -0.25) is 9.53 Å². The molecular formula is C29H29F6N5O2. The van der Waals surface area contributed by atoms with Gasteiger partial charge in [0.15, 0.2) is 0 Å². The van der Waals surface area contributed by atoms with Crippen molar-refractivity contribution >= 4 is 11.6 Å². The third-order valence-electron chi connectivity index (χ3n) is 8.89. The van der Waals surface area contributed by atoms with Crippen LogP contribution < -0.4 is 10.2 Å².